The summed E-state index contributed by atoms with van der Waals surface area (Å²) in [5.41, 5.74) is 12.8. The van der Waals surface area contributed by atoms with Crippen molar-refractivity contribution in [3.63, 3.8) is 0 Å². The highest BCUT2D eigenvalue weighted by atomic mass is 127. The molecule has 0 saturated carbocycles. The van der Waals surface area contributed by atoms with Gasteiger partial charge in [0, 0.05) is 24.9 Å². The highest BCUT2D eigenvalue weighted by molar-refractivity contribution is 14.1. The molecule has 0 spiro atoms. The van der Waals surface area contributed by atoms with Gasteiger partial charge >= 0.3 is 5.97 Å². The van der Waals surface area contributed by atoms with E-state index in [0.29, 0.717) is 32.6 Å². The van der Waals surface area contributed by atoms with E-state index in [1.807, 2.05) is 6.07 Å². The molecule has 3 aromatic rings. The van der Waals surface area contributed by atoms with Crippen LogP contribution >= 0.6 is 38.5 Å². The van der Waals surface area contributed by atoms with E-state index in [-0.39, 0.29) is 18.7 Å². The Labute approximate surface area is 232 Å². The minimum atomic E-state index is -1.22. The Bertz CT molecular complexity index is 1410. The molecule has 2 amide bonds. The maximum atomic E-state index is 13.5. The second kappa shape index (κ2) is 11.0. The van der Waals surface area contributed by atoms with Gasteiger partial charge in [-0.25, -0.2) is 9.38 Å². The average molecular weight is 686 g/mol. The molecule has 7 N–H and O–H groups in total. The standard InChI is InChI=1S/C23H22BrFIN7O4/c24-12-1-10(2-14(26)5-12)15(6-19(34)35)20(22(28)37)33-18-4-11(21(27)36)3-17(16(18)9-31-33)32-23-29-7-13(25)8-30-23/h1-5,9,13,15,20H,6-8H2,(H2,27,36)(H2,28,37)(H,34,35)(H2,29,30,32)/t15-,20?/m0/s1. The van der Waals surface area contributed by atoms with Gasteiger partial charge in [-0.1, -0.05) is 15.9 Å². The highest BCUT2D eigenvalue weighted by Crippen LogP contribution is 2.37. The van der Waals surface area contributed by atoms with Gasteiger partial charge in [0.2, 0.25) is 11.8 Å². The molecule has 0 saturated heterocycles. The minimum absolute atomic E-state index is 0.0285. The van der Waals surface area contributed by atoms with Crippen LogP contribution in [0.1, 0.15) is 34.3 Å². The summed E-state index contributed by atoms with van der Waals surface area (Å²) in [7, 11) is 0. The van der Waals surface area contributed by atoms with Crippen molar-refractivity contribution in [1.29, 1.82) is 0 Å². The van der Waals surface area contributed by atoms with Gasteiger partial charge in [0.1, 0.15) is 12.2 Å². The van der Waals surface area contributed by atoms with Gasteiger partial charge in [0.05, 0.1) is 36.9 Å². The summed E-state index contributed by atoms with van der Waals surface area (Å²) in [6.45, 7) is 0.0368. The second-order valence-corrected chi connectivity index (χ2v) is 10.6. The molecule has 0 fully saturated rings. The first kappa shape index (κ1) is 26.8. The smallest absolute Gasteiger partial charge is 0.304 e. The van der Waals surface area contributed by atoms with Gasteiger partial charge in [0.25, 0.3) is 0 Å². The van der Waals surface area contributed by atoms with E-state index >= 15 is 0 Å². The van der Waals surface area contributed by atoms with Gasteiger partial charge in [-0.15, -0.1) is 0 Å². The quantitative estimate of drug-likeness (QED) is 0.226. The van der Waals surface area contributed by atoms with Crippen LogP contribution in [0.4, 0.5) is 10.1 Å². The Kier molecular flexibility index (Phi) is 7.96. The zero-order valence-electron chi connectivity index (χ0n) is 19.1. The normalized spacial score (nSPS) is 16.9. The minimum Gasteiger partial charge on any atom is -0.481 e. The molecule has 2 aromatic carbocycles. The number of aliphatic imine (C=N–C) groups is 1. The van der Waals surface area contributed by atoms with Crippen molar-refractivity contribution < 1.29 is 23.9 Å². The molecule has 2 heterocycles. The zero-order valence-corrected chi connectivity index (χ0v) is 22.9. The van der Waals surface area contributed by atoms with Crippen LogP contribution in [0, 0.1) is 3.57 Å². The van der Waals surface area contributed by atoms with Crippen LogP contribution in [0.25, 0.3) is 10.9 Å². The number of nitrogens with one attached hydrogen (secondary N) is 2. The summed E-state index contributed by atoms with van der Waals surface area (Å²) >= 11 is 5.51. The largest absolute Gasteiger partial charge is 0.481 e. The molecule has 37 heavy (non-hydrogen) atoms. The number of carboxylic acids is 1. The average Bonchev–Trinajstić information content (AvgIpc) is 3.23. The predicted octanol–water partition coefficient (Wildman–Crippen LogP) is 2.50. The summed E-state index contributed by atoms with van der Waals surface area (Å²) in [6.07, 6.45) is -0.0658. The van der Waals surface area contributed by atoms with Crippen LogP contribution in [0.3, 0.4) is 0 Å². The van der Waals surface area contributed by atoms with Crippen molar-refractivity contribution in [2.45, 2.75) is 24.6 Å². The molecule has 1 aliphatic rings. The lowest BCUT2D eigenvalue weighted by Crippen LogP contribution is -2.41. The lowest BCUT2D eigenvalue weighted by atomic mass is 9.88. The number of carbonyl (C=O) groups excluding carboxylic acids is 2. The van der Waals surface area contributed by atoms with Crippen LogP contribution in [0.5, 0.6) is 0 Å². The number of guanidine groups is 1. The molecule has 194 valence electrons. The first-order valence-electron chi connectivity index (χ1n) is 11.0. The van der Waals surface area contributed by atoms with E-state index in [4.69, 9.17) is 11.5 Å². The number of primary amides is 2. The number of carboxylic acid groups (broad SMARTS) is 1. The van der Waals surface area contributed by atoms with E-state index in [1.165, 1.54) is 23.0 Å². The molecule has 4 rings (SSSR count). The Morgan fingerprint density at radius 3 is 2.62 bits per heavy atom. The molecule has 14 heteroatoms. The number of amides is 2. The molecule has 3 atom stereocenters. The fraction of sp³-hybridized carbons (Fsp3) is 0.261. The molecule has 1 aromatic heterocycles. The number of aliphatic carboxylic acids is 1. The van der Waals surface area contributed by atoms with Crippen LogP contribution in [0.15, 0.2) is 46.0 Å². The fourth-order valence-corrected chi connectivity index (χ4v) is 5.85. The van der Waals surface area contributed by atoms with Gasteiger partial charge in [0.15, 0.2) is 5.96 Å². The molecular weight excluding hydrogens is 664 g/mol. The maximum Gasteiger partial charge on any atom is 0.304 e. The van der Waals surface area contributed by atoms with E-state index < -0.39 is 42.3 Å². The number of nitrogens with two attached hydrogens (primary N) is 2. The third kappa shape index (κ3) is 6.01. The van der Waals surface area contributed by atoms with Crippen LogP contribution < -0.4 is 22.1 Å². The number of aromatic nitrogens is 2. The predicted molar refractivity (Wildman–Crippen MR) is 147 cm³/mol. The van der Waals surface area contributed by atoms with Crippen molar-refractivity contribution in [1.82, 2.24) is 15.1 Å². The van der Waals surface area contributed by atoms with Crippen LogP contribution in [-0.4, -0.2) is 57.9 Å². The van der Waals surface area contributed by atoms with Crippen molar-refractivity contribution in [3.05, 3.63) is 55.7 Å². The Hall–Kier alpha value is -3.27. The number of alkyl halides is 1. The molecule has 11 nitrogen and oxygen atoms in total. The van der Waals surface area contributed by atoms with E-state index in [1.54, 1.807) is 12.1 Å². The second-order valence-electron chi connectivity index (χ2n) is 8.46. The number of hydrogen-bond donors (Lipinski definition) is 5. The summed E-state index contributed by atoms with van der Waals surface area (Å²) in [5, 5.41) is 20.4. The number of nitrogens with zero attached hydrogens (tertiary/aromatic N) is 3. The van der Waals surface area contributed by atoms with Crippen molar-refractivity contribution in [2.24, 2.45) is 16.5 Å². The maximum absolute atomic E-state index is 13.5. The van der Waals surface area contributed by atoms with E-state index in [9.17, 15) is 23.9 Å². The van der Waals surface area contributed by atoms with Crippen molar-refractivity contribution in [3.8, 4) is 0 Å². The Morgan fingerprint density at radius 2 is 2.03 bits per heavy atom. The highest BCUT2D eigenvalue weighted by Gasteiger charge is 2.34. The number of halogens is 3. The number of rotatable bonds is 8. The van der Waals surface area contributed by atoms with Gasteiger partial charge in [-0.05, 0) is 58.5 Å². The van der Waals surface area contributed by atoms with Crippen molar-refractivity contribution in [2.75, 3.05) is 18.4 Å². The first-order valence-corrected chi connectivity index (χ1v) is 12.9. The Balaban J connectivity index is 1.87. The summed E-state index contributed by atoms with van der Waals surface area (Å²) in [6, 6.07) is 7.08. The number of carbonyl (C=O) groups is 3. The third-order valence-electron chi connectivity index (χ3n) is 5.84. The zero-order chi connectivity index (χ0) is 26.9. The molecule has 2 unspecified atom stereocenters. The topological polar surface area (TPSA) is 178 Å². The molecule has 0 bridgehead atoms. The summed E-state index contributed by atoms with van der Waals surface area (Å²) in [4.78, 5) is 40.9. The van der Waals surface area contributed by atoms with Crippen LogP contribution in [0.2, 0.25) is 0 Å². The van der Waals surface area contributed by atoms with E-state index in [2.05, 4.69) is 59.2 Å². The van der Waals surface area contributed by atoms with Crippen LogP contribution in [-0.2, 0) is 9.59 Å². The number of benzene rings is 2. The SMILES string of the molecule is NC(=O)c1cc(NC2=NCC(F)CN2)c2cnn(C(C(N)=O)[C@@H](CC(=O)O)c3cc(Br)cc(I)c3)c2c1. The number of hydrogen-bond acceptors (Lipinski definition) is 7. The van der Waals surface area contributed by atoms with Gasteiger partial charge in [-0.3, -0.25) is 19.1 Å². The van der Waals surface area contributed by atoms with Crippen molar-refractivity contribution >= 4 is 78.9 Å². The molecule has 1 aliphatic heterocycles. The summed E-state index contributed by atoms with van der Waals surface area (Å²) < 4.78 is 16.3. The summed E-state index contributed by atoms with van der Waals surface area (Å²) in [5.74, 6) is -3.26. The van der Waals surface area contributed by atoms with Gasteiger partial charge in [-0.2, -0.15) is 5.10 Å². The van der Waals surface area contributed by atoms with E-state index in [0.717, 1.165) is 3.57 Å². The molecule has 0 radical (unpaired) electrons. The third-order valence-corrected chi connectivity index (χ3v) is 6.92. The Morgan fingerprint density at radius 1 is 1.27 bits per heavy atom. The fourth-order valence-electron chi connectivity index (χ4n) is 4.22. The number of anilines is 1. The first-order chi connectivity index (χ1) is 17.5. The molecule has 0 aliphatic carbocycles. The molecular formula is C23H22BrFIN7O4. The van der Waals surface area contributed by atoms with Gasteiger partial charge < -0.3 is 27.2 Å². The number of fused-ring (bicyclic) bond motifs is 1. The monoisotopic (exact) mass is 685 g/mol. The lowest BCUT2D eigenvalue weighted by molar-refractivity contribution is -0.138. The lowest BCUT2D eigenvalue weighted by Gasteiger charge is -2.26.